The first-order valence-corrected chi connectivity index (χ1v) is 14.1. The van der Waals surface area contributed by atoms with Crippen LogP contribution in [0.5, 0.6) is 0 Å². The number of pyridine rings is 2. The molecule has 10 nitrogen and oxygen atoms in total. The van der Waals surface area contributed by atoms with Crippen molar-refractivity contribution < 1.29 is 9.90 Å². The zero-order valence-electron chi connectivity index (χ0n) is 23.7. The Hall–Kier alpha value is -6.60. The summed E-state index contributed by atoms with van der Waals surface area (Å²) in [5.74, 6) is -0.213. The van der Waals surface area contributed by atoms with Crippen molar-refractivity contribution in [2.75, 3.05) is 5.32 Å². The fraction of sp³-hybridized carbons (Fsp3) is 0.0286. The van der Waals surface area contributed by atoms with E-state index in [4.69, 9.17) is 10.2 Å². The maximum atomic E-state index is 11.3. The summed E-state index contributed by atoms with van der Waals surface area (Å²) in [6.07, 6.45) is 5.42. The van der Waals surface area contributed by atoms with Gasteiger partial charge in [0.1, 0.15) is 28.9 Å². The number of benzene rings is 3. The van der Waals surface area contributed by atoms with Crippen LogP contribution in [0, 0.1) is 11.3 Å². The third-order valence-corrected chi connectivity index (χ3v) is 7.39. The molecule has 216 valence electrons. The van der Waals surface area contributed by atoms with Gasteiger partial charge in [-0.25, -0.2) is 14.5 Å². The highest BCUT2D eigenvalue weighted by Gasteiger charge is 2.16. The van der Waals surface area contributed by atoms with E-state index in [1.54, 1.807) is 41.2 Å². The molecule has 7 rings (SSSR count). The summed E-state index contributed by atoms with van der Waals surface area (Å²) in [4.78, 5) is 20.6. The summed E-state index contributed by atoms with van der Waals surface area (Å²) in [7, 11) is 0. The number of carbonyl (C=O) groups is 1. The molecule has 0 bridgehead atoms. The molecular formula is C35H24N8O2. The highest BCUT2D eigenvalue weighted by Crippen LogP contribution is 2.32. The van der Waals surface area contributed by atoms with E-state index in [9.17, 15) is 9.90 Å². The number of nitrogens with one attached hydrogen (secondary N) is 1. The van der Waals surface area contributed by atoms with E-state index >= 15 is 0 Å². The van der Waals surface area contributed by atoms with Crippen molar-refractivity contribution in [3.05, 3.63) is 138 Å². The van der Waals surface area contributed by atoms with Crippen molar-refractivity contribution in [3.8, 4) is 39.8 Å². The Bertz CT molecular complexity index is 2180. The van der Waals surface area contributed by atoms with E-state index in [-0.39, 0.29) is 5.56 Å². The number of hydrogen-bond acceptors (Lipinski definition) is 7. The van der Waals surface area contributed by atoms with Gasteiger partial charge in [0.25, 0.3) is 0 Å². The number of imidazole rings is 1. The van der Waals surface area contributed by atoms with Gasteiger partial charge in [0.05, 0.1) is 29.6 Å². The number of aromatic nitrogens is 6. The molecule has 0 radical (unpaired) electrons. The zero-order chi connectivity index (χ0) is 30.8. The van der Waals surface area contributed by atoms with Crippen molar-refractivity contribution in [1.29, 1.82) is 5.26 Å². The molecule has 0 amide bonds. The lowest BCUT2D eigenvalue weighted by molar-refractivity contribution is 0.0697. The summed E-state index contributed by atoms with van der Waals surface area (Å²) in [5.41, 5.74) is 8.35. The summed E-state index contributed by atoms with van der Waals surface area (Å²) in [6.45, 7) is 0.548. The average molecular weight is 589 g/mol. The first kappa shape index (κ1) is 27.2. The van der Waals surface area contributed by atoms with E-state index in [0.717, 1.165) is 56.5 Å². The van der Waals surface area contributed by atoms with Crippen molar-refractivity contribution in [2.45, 2.75) is 6.54 Å². The zero-order valence-corrected chi connectivity index (χ0v) is 23.7. The molecule has 0 spiro atoms. The second kappa shape index (κ2) is 11.6. The molecule has 0 saturated carbocycles. The second-order valence-corrected chi connectivity index (χ2v) is 10.4. The first-order valence-electron chi connectivity index (χ1n) is 14.1. The van der Waals surface area contributed by atoms with Crippen LogP contribution in [0.15, 0.2) is 122 Å². The number of carboxylic acids is 1. The molecule has 0 aliphatic rings. The number of anilines is 2. The molecule has 2 N–H and O–H groups in total. The number of aromatic carboxylic acids is 1. The fourth-order valence-electron chi connectivity index (χ4n) is 5.06. The van der Waals surface area contributed by atoms with Crippen LogP contribution in [0.4, 0.5) is 11.5 Å². The molecule has 0 aliphatic carbocycles. The van der Waals surface area contributed by atoms with Crippen molar-refractivity contribution in [1.82, 2.24) is 29.4 Å². The third-order valence-electron chi connectivity index (χ3n) is 7.39. The third kappa shape index (κ3) is 5.61. The molecule has 45 heavy (non-hydrogen) atoms. The molecule has 4 aromatic heterocycles. The molecule has 0 fully saturated rings. The van der Waals surface area contributed by atoms with Crippen LogP contribution in [0.2, 0.25) is 0 Å². The van der Waals surface area contributed by atoms with Gasteiger partial charge in [-0.05, 0) is 54.1 Å². The maximum absolute atomic E-state index is 11.3. The lowest BCUT2D eigenvalue weighted by atomic mass is 10.1. The first-order chi connectivity index (χ1) is 22.0. The molecule has 0 unspecified atom stereocenters. The number of fused-ring (bicyclic) bond motifs is 1. The average Bonchev–Trinajstić information content (AvgIpc) is 3.70. The monoisotopic (exact) mass is 588 g/mol. The van der Waals surface area contributed by atoms with Crippen molar-refractivity contribution in [2.24, 2.45) is 0 Å². The van der Waals surface area contributed by atoms with Gasteiger partial charge in [0.2, 0.25) is 0 Å². The van der Waals surface area contributed by atoms with Crippen LogP contribution in [-0.4, -0.2) is 40.4 Å². The van der Waals surface area contributed by atoms with Crippen LogP contribution in [-0.2, 0) is 6.54 Å². The number of rotatable bonds is 8. The molecule has 10 heteroatoms. The quantitative estimate of drug-likeness (QED) is 0.201. The lowest BCUT2D eigenvalue weighted by Gasteiger charge is -2.09. The largest absolute Gasteiger partial charge is 0.478 e. The molecule has 0 saturated heterocycles. The summed E-state index contributed by atoms with van der Waals surface area (Å²) in [6, 6.07) is 34.2. The summed E-state index contributed by atoms with van der Waals surface area (Å²) in [5, 5.41) is 30.5. The maximum Gasteiger partial charge on any atom is 0.335 e. The molecule has 0 atom stereocenters. The lowest BCUT2D eigenvalue weighted by Crippen LogP contribution is -2.00. The van der Waals surface area contributed by atoms with Gasteiger partial charge in [-0.2, -0.15) is 5.26 Å². The summed E-state index contributed by atoms with van der Waals surface area (Å²) >= 11 is 0. The highest BCUT2D eigenvalue weighted by atomic mass is 16.4. The normalized spacial score (nSPS) is 10.9. The molecule has 0 aliphatic heterocycles. The Kier molecular flexibility index (Phi) is 7.01. The Morgan fingerprint density at radius 1 is 0.867 bits per heavy atom. The minimum Gasteiger partial charge on any atom is -0.478 e. The van der Waals surface area contributed by atoms with E-state index in [0.29, 0.717) is 12.1 Å². The predicted molar refractivity (Wildman–Crippen MR) is 170 cm³/mol. The van der Waals surface area contributed by atoms with Crippen molar-refractivity contribution >= 4 is 23.1 Å². The van der Waals surface area contributed by atoms with Gasteiger partial charge in [-0.15, -0.1) is 5.10 Å². The molecule has 7 aromatic rings. The second-order valence-electron chi connectivity index (χ2n) is 10.4. The van der Waals surface area contributed by atoms with Gasteiger partial charge >= 0.3 is 5.97 Å². The smallest absolute Gasteiger partial charge is 0.335 e. The van der Waals surface area contributed by atoms with Crippen LogP contribution in [0.3, 0.4) is 0 Å². The molecule has 3 aromatic carbocycles. The predicted octanol–water partition coefficient (Wildman–Crippen LogP) is 6.68. The number of nitriles is 1. The van der Waals surface area contributed by atoms with E-state index in [1.807, 2.05) is 89.6 Å². The van der Waals surface area contributed by atoms with E-state index in [2.05, 4.69) is 26.7 Å². The number of carboxylic acid groups (broad SMARTS) is 1. The Morgan fingerprint density at radius 3 is 2.38 bits per heavy atom. The molecular weight excluding hydrogens is 564 g/mol. The van der Waals surface area contributed by atoms with Gasteiger partial charge in [-0.3, -0.25) is 9.38 Å². The van der Waals surface area contributed by atoms with Crippen molar-refractivity contribution in [3.63, 3.8) is 0 Å². The van der Waals surface area contributed by atoms with Crippen LogP contribution in [0.25, 0.3) is 39.4 Å². The van der Waals surface area contributed by atoms with Gasteiger partial charge in [0, 0.05) is 34.8 Å². The minimum atomic E-state index is -0.971. The topological polar surface area (TPSA) is 134 Å². The van der Waals surface area contributed by atoms with Gasteiger partial charge in [0.15, 0.2) is 0 Å². The minimum absolute atomic E-state index is 0.220. The standard InChI is InChI=1S/C35H24N8O2/c36-19-24-8-15-30(37-20-24)25-9-6-23(7-10-25)21-42-22-31(40-41-42)28-16-17-43-32(18-28)39-33(26-4-2-1-3-5-26)34(43)38-29-13-11-27(12-14-29)35(44)45/h1-18,20,22,38H,21H2,(H,44,45). The Morgan fingerprint density at radius 2 is 1.67 bits per heavy atom. The van der Waals surface area contributed by atoms with Crippen LogP contribution in [0.1, 0.15) is 21.5 Å². The van der Waals surface area contributed by atoms with Crippen LogP contribution >= 0.6 is 0 Å². The molecule has 4 heterocycles. The van der Waals surface area contributed by atoms with E-state index in [1.165, 1.54) is 0 Å². The Balaban J connectivity index is 1.15. The number of hydrogen-bond donors (Lipinski definition) is 2. The van der Waals surface area contributed by atoms with Crippen LogP contribution < -0.4 is 5.32 Å². The van der Waals surface area contributed by atoms with Gasteiger partial charge in [-0.1, -0.05) is 59.8 Å². The number of nitrogens with zero attached hydrogens (tertiary/aromatic N) is 7. The highest BCUT2D eigenvalue weighted by molar-refractivity contribution is 5.88. The Labute approximate surface area is 257 Å². The fourth-order valence-corrected chi connectivity index (χ4v) is 5.06. The van der Waals surface area contributed by atoms with E-state index < -0.39 is 5.97 Å². The van der Waals surface area contributed by atoms with Gasteiger partial charge < -0.3 is 10.4 Å². The summed E-state index contributed by atoms with van der Waals surface area (Å²) < 4.78 is 3.76. The SMILES string of the molecule is N#Cc1ccc(-c2ccc(Cn3cc(-c4ccn5c(Nc6ccc(C(=O)O)cc6)c(-c6ccccc6)nc5c4)nn3)cc2)nc1.